The molecule has 1 nitrogen and oxygen atoms in total. The topological polar surface area (TPSA) is 12.9 Å². The first-order chi connectivity index (χ1) is 7.36. The van der Waals surface area contributed by atoms with E-state index < -0.39 is 0 Å². The summed E-state index contributed by atoms with van der Waals surface area (Å²) in [6.07, 6.45) is 6.33. The fourth-order valence-electron chi connectivity index (χ4n) is 1.28. The number of thiazole rings is 1. The van der Waals surface area contributed by atoms with E-state index in [1.165, 1.54) is 48.6 Å². The largest absolute Gasteiger partial charge is 0.245 e. The Morgan fingerprint density at radius 3 is 2.80 bits per heavy atom. The first-order valence-corrected chi connectivity index (χ1v) is 7.91. The van der Waals surface area contributed by atoms with Crippen LogP contribution in [0.25, 0.3) is 0 Å². The number of hydrogen-bond acceptors (Lipinski definition) is 3. The lowest BCUT2D eigenvalue weighted by molar-refractivity contribution is 0.788. The van der Waals surface area contributed by atoms with Crippen LogP contribution in [-0.4, -0.2) is 10.7 Å². The highest BCUT2D eigenvalue weighted by atomic mass is 32.2. The average Bonchev–Trinajstić information content (AvgIpc) is 2.69. The van der Waals surface area contributed by atoms with E-state index in [1.807, 2.05) is 23.1 Å². The minimum absolute atomic E-state index is 1.10. The highest BCUT2D eigenvalue weighted by Gasteiger charge is 2.01. The summed E-state index contributed by atoms with van der Waals surface area (Å²) in [5.41, 5.74) is 1.28. The lowest BCUT2D eigenvalue weighted by Gasteiger charge is -1.96. The van der Waals surface area contributed by atoms with Gasteiger partial charge in [0.05, 0.1) is 10.7 Å². The summed E-state index contributed by atoms with van der Waals surface area (Å²) in [6.45, 7) is 4.47. The van der Waals surface area contributed by atoms with E-state index in [-0.39, 0.29) is 0 Å². The Morgan fingerprint density at radius 2 is 2.07 bits per heavy atom. The Hall–Kier alpha value is -0.0200. The van der Waals surface area contributed by atoms with Gasteiger partial charge in [-0.3, -0.25) is 0 Å². The Bertz CT molecular complexity index is 258. The first kappa shape index (κ1) is 13.0. The van der Waals surface area contributed by atoms with Crippen LogP contribution in [0.2, 0.25) is 0 Å². The molecule has 0 radical (unpaired) electrons. The summed E-state index contributed by atoms with van der Waals surface area (Å²) in [5.74, 6) is 2.38. The summed E-state index contributed by atoms with van der Waals surface area (Å²) in [6, 6.07) is 0. The summed E-state index contributed by atoms with van der Waals surface area (Å²) in [7, 11) is 0. The van der Waals surface area contributed by atoms with Gasteiger partial charge < -0.3 is 0 Å². The van der Waals surface area contributed by atoms with Gasteiger partial charge in [0, 0.05) is 11.1 Å². The zero-order valence-corrected chi connectivity index (χ0v) is 11.4. The summed E-state index contributed by atoms with van der Waals surface area (Å²) in [5, 5.41) is 3.55. The molecular formula is C12H21NS2. The first-order valence-electron chi connectivity index (χ1n) is 5.87. The number of thioether (sulfide) groups is 1. The molecule has 0 N–H and O–H groups in total. The Labute approximate surface area is 102 Å². The van der Waals surface area contributed by atoms with Gasteiger partial charge in [0.15, 0.2) is 0 Å². The molecule has 0 amide bonds. The molecule has 1 aromatic heterocycles. The number of rotatable bonds is 8. The molecule has 0 aliphatic rings. The Morgan fingerprint density at radius 1 is 1.27 bits per heavy atom. The molecule has 0 atom stereocenters. The van der Waals surface area contributed by atoms with Gasteiger partial charge in [-0.05, 0) is 25.0 Å². The van der Waals surface area contributed by atoms with Crippen molar-refractivity contribution in [3.05, 3.63) is 16.1 Å². The molecule has 0 saturated carbocycles. The van der Waals surface area contributed by atoms with Crippen LogP contribution < -0.4 is 0 Å². The van der Waals surface area contributed by atoms with Crippen LogP contribution in [0.3, 0.4) is 0 Å². The van der Waals surface area contributed by atoms with Crippen LogP contribution in [0.15, 0.2) is 5.38 Å². The van der Waals surface area contributed by atoms with Crippen molar-refractivity contribution in [2.45, 2.75) is 51.7 Å². The lowest BCUT2D eigenvalue weighted by Crippen LogP contribution is -1.86. The lowest BCUT2D eigenvalue weighted by atomic mass is 10.3. The summed E-state index contributed by atoms with van der Waals surface area (Å²) >= 11 is 3.84. The Balaban J connectivity index is 2.20. The predicted octanol–water partition coefficient (Wildman–Crippen LogP) is 4.52. The third-order valence-corrected chi connectivity index (χ3v) is 4.27. The second-order valence-corrected chi connectivity index (χ2v) is 5.79. The quantitative estimate of drug-likeness (QED) is 0.623. The standard InChI is InChI=1S/C12H21NS2/c1-3-5-7-12-13-11(10-15-12)9-14-8-6-4-2/h10H,3-9H2,1-2H3. The SMILES string of the molecule is CCCCSCc1csc(CCCC)n1. The van der Waals surface area contributed by atoms with Crippen LogP contribution in [0.4, 0.5) is 0 Å². The van der Waals surface area contributed by atoms with E-state index in [0.29, 0.717) is 0 Å². The fourth-order valence-corrected chi connectivity index (χ4v) is 3.22. The van der Waals surface area contributed by atoms with Crippen molar-refractivity contribution in [3.63, 3.8) is 0 Å². The number of nitrogens with zero attached hydrogens (tertiary/aromatic N) is 1. The Kier molecular flexibility index (Phi) is 7.11. The van der Waals surface area contributed by atoms with Crippen molar-refractivity contribution in [2.75, 3.05) is 5.75 Å². The van der Waals surface area contributed by atoms with Gasteiger partial charge in [-0.25, -0.2) is 4.98 Å². The number of hydrogen-bond donors (Lipinski definition) is 0. The van der Waals surface area contributed by atoms with Crippen LogP contribution >= 0.6 is 23.1 Å². The molecular weight excluding hydrogens is 222 g/mol. The maximum Gasteiger partial charge on any atom is 0.0928 e. The molecule has 0 saturated heterocycles. The van der Waals surface area contributed by atoms with Gasteiger partial charge in [-0.2, -0.15) is 11.8 Å². The summed E-state index contributed by atoms with van der Waals surface area (Å²) < 4.78 is 0. The zero-order chi connectivity index (χ0) is 10.9. The smallest absolute Gasteiger partial charge is 0.0928 e. The molecule has 0 aliphatic heterocycles. The average molecular weight is 243 g/mol. The molecule has 0 aromatic carbocycles. The molecule has 0 fully saturated rings. The second kappa shape index (κ2) is 8.17. The minimum Gasteiger partial charge on any atom is -0.245 e. The highest BCUT2D eigenvalue weighted by molar-refractivity contribution is 7.98. The van der Waals surface area contributed by atoms with Crippen LogP contribution in [0.1, 0.15) is 50.2 Å². The van der Waals surface area contributed by atoms with E-state index in [0.717, 1.165) is 5.75 Å². The van der Waals surface area contributed by atoms with E-state index in [2.05, 4.69) is 24.2 Å². The van der Waals surface area contributed by atoms with Gasteiger partial charge in [-0.15, -0.1) is 11.3 Å². The normalized spacial score (nSPS) is 10.8. The van der Waals surface area contributed by atoms with Gasteiger partial charge in [-0.1, -0.05) is 26.7 Å². The van der Waals surface area contributed by atoms with Crippen LogP contribution in [-0.2, 0) is 12.2 Å². The minimum atomic E-state index is 1.10. The monoisotopic (exact) mass is 243 g/mol. The highest BCUT2D eigenvalue weighted by Crippen LogP contribution is 2.18. The van der Waals surface area contributed by atoms with Crippen LogP contribution in [0.5, 0.6) is 0 Å². The maximum absolute atomic E-state index is 4.64. The molecule has 0 bridgehead atoms. The summed E-state index contributed by atoms with van der Waals surface area (Å²) in [4.78, 5) is 4.64. The van der Waals surface area contributed by atoms with Gasteiger partial charge in [0.25, 0.3) is 0 Å². The number of aryl methyl sites for hydroxylation is 1. The molecule has 3 heteroatoms. The van der Waals surface area contributed by atoms with Crippen molar-refractivity contribution in [3.8, 4) is 0 Å². The van der Waals surface area contributed by atoms with E-state index in [4.69, 9.17) is 0 Å². The van der Waals surface area contributed by atoms with Gasteiger partial charge in [0.2, 0.25) is 0 Å². The molecule has 86 valence electrons. The van der Waals surface area contributed by atoms with Crippen molar-refractivity contribution in [2.24, 2.45) is 0 Å². The zero-order valence-electron chi connectivity index (χ0n) is 9.79. The third-order valence-electron chi connectivity index (χ3n) is 2.24. The predicted molar refractivity (Wildman–Crippen MR) is 71.8 cm³/mol. The van der Waals surface area contributed by atoms with E-state index in [1.54, 1.807) is 0 Å². The van der Waals surface area contributed by atoms with Crippen molar-refractivity contribution in [1.29, 1.82) is 0 Å². The van der Waals surface area contributed by atoms with Crippen LogP contribution in [0, 0.1) is 0 Å². The van der Waals surface area contributed by atoms with Gasteiger partial charge >= 0.3 is 0 Å². The number of aromatic nitrogens is 1. The molecule has 1 aromatic rings. The van der Waals surface area contributed by atoms with Crippen molar-refractivity contribution >= 4 is 23.1 Å². The van der Waals surface area contributed by atoms with Gasteiger partial charge in [0.1, 0.15) is 0 Å². The van der Waals surface area contributed by atoms with Crippen molar-refractivity contribution in [1.82, 2.24) is 4.98 Å². The molecule has 0 aliphatic carbocycles. The molecule has 1 rings (SSSR count). The molecule has 0 spiro atoms. The third kappa shape index (κ3) is 5.57. The molecule has 15 heavy (non-hydrogen) atoms. The number of unbranched alkanes of at least 4 members (excludes halogenated alkanes) is 2. The van der Waals surface area contributed by atoms with E-state index in [9.17, 15) is 0 Å². The molecule has 0 unspecified atom stereocenters. The molecule has 1 heterocycles. The fraction of sp³-hybridized carbons (Fsp3) is 0.750. The van der Waals surface area contributed by atoms with E-state index >= 15 is 0 Å². The maximum atomic E-state index is 4.64. The second-order valence-electron chi connectivity index (χ2n) is 3.74. The van der Waals surface area contributed by atoms with Crippen molar-refractivity contribution < 1.29 is 0 Å².